The number of hydrogen-bond donors (Lipinski definition) is 2. The van der Waals surface area contributed by atoms with E-state index in [2.05, 4.69) is 26.6 Å². The van der Waals surface area contributed by atoms with Gasteiger partial charge in [-0.25, -0.2) is 4.79 Å². The fourth-order valence-electron chi connectivity index (χ4n) is 3.53. The molecule has 4 rings (SSSR count). The number of aryl methyl sites for hydroxylation is 1. The van der Waals surface area contributed by atoms with Gasteiger partial charge in [-0.15, -0.1) is 0 Å². The number of nitrogens with zero attached hydrogens (tertiary/aromatic N) is 1. The standard InChI is InChI=1S/C24H20BrN3O4/c1-14-11-17(12-21-22(29)26-24(31)27-23(21)30)15(2)28(14)19-7-9-20(10-8-19)32-13-16-3-5-18(25)6-4-16/h3-12H,13H2,1-2H3,(H2,26,27,29,30,31). The lowest BCUT2D eigenvalue weighted by atomic mass is 10.1. The second-order valence-electron chi connectivity index (χ2n) is 7.37. The van der Waals surface area contributed by atoms with Crippen molar-refractivity contribution < 1.29 is 19.1 Å². The number of ether oxygens (including phenoxy) is 1. The second-order valence-corrected chi connectivity index (χ2v) is 8.28. The van der Waals surface area contributed by atoms with Crippen molar-refractivity contribution in [3.05, 3.63) is 87.2 Å². The van der Waals surface area contributed by atoms with E-state index in [1.807, 2.05) is 73.0 Å². The number of nitrogens with one attached hydrogen (secondary N) is 2. The molecule has 7 nitrogen and oxygen atoms in total. The molecule has 1 aromatic heterocycles. The summed E-state index contributed by atoms with van der Waals surface area (Å²) < 4.78 is 8.92. The molecule has 0 saturated carbocycles. The maximum atomic E-state index is 12.0. The quantitative estimate of drug-likeness (QED) is 0.412. The molecule has 0 radical (unpaired) electrons. The van der Waals surface area contributed by atoms with Crippen LogP contribution in [0.2, 0.25) is 0 Å². The molecule has 1 aliphatic heterocycles. The molecule has 4 amide bonds. The summed E-state index contributed by atoms with van der Waals surface area (Å²) in [4.78, 5) is 35.3. The minimum Gasteiger partial charge on any atom is -0.489 e. The Balaban J connectivity index is 1.54. The third-order valence-electron chi connectivity index (χ3n) is 5.13. The molecule has 2 aromatic carbocycles. The van der Waals surface area contributed by atoms with Crippen LogP contribution in [0.4, 0.5) is 4.79 Å². The third-order valence-corrected chi connectivity index (χ3v) is 5.66. The van der Waals surface area contributed by atoms with Crippen LogP contribution in [0.25, 0.3) is 11.8 Å². The van der Waals surface area contributed by atoms with E-state index in [4.69, 9.17) is 4.74 Å². The molecule has 0 aliphatic carbocycles. The topological polar surface area (TPSA) is 89.4 Å². The average molecular weight is 494 g/mol. The Morgan fingerprint density at radius 1 is 0.938 bits per heavy atom. The van der Waals surface area contributed by atoms with Crippen molar-refractivity contribution in [3.8, 4) is 11.4 Å². The molecule has 3 aromatic rings. The van der Waals surface area contributed by atoms with E-state index in [0.717, 1.165) is 32.9 Å². The van der Waals surface area contributed by atoms with Crippen LogP contribution in [0, 0.1) is 13.8 Å². The zero-order valence-electron chi connectivity index (χ0n) is 17.4. The van der Waals surface area contributed by atoms with E-state index >= 15 is 0 Å². The number of hydrogen-bond acceptors (Lipinski definition) is 4. The molecule has 0 spiro atoms. The minimum atomic E-state index is -0.815. The lowest BCUT2D eigenvalue weighted by Gasteiger charge is -2.14. The Labute approximate surface area is 193 Å². The zero-order chi connectivity index (χ0) is 22.8. The molecule has 0 atom stereocenters. The first-order valence-corrected chi connectivity index (χ1v) is 10.7. The molecule has 1 aliphatic rings. The Bertz CT molecular complexity index is 1220. The summed E-state index contributed by atoms with van der Waals surface area (Å²) in [6.07, 6.45) is 1.49. The number of rotatable bonds is 5. The first-order chi connectivity index (χ1) is 15.3. The van der Waals surface area contributed by atoms with Gasteiger partial charge in [-0.1, -0.05) is 28.1 Å². The Kier molecular flexibility index (Phi) is 5.96. The van der Waals surface area contributed by atoms with E-state index in [0.29, 0.717) is 12.2 Å². The zero-order valence-corrected chi connectivity index (χ0v) is 19.0. The molecule has 2 heterocycles. The van der Waals surface area contributed by atoms with Crippen LogP contribution < -0.4 is 15.4 Å². The van der Waals surface area contributed by atoms with Crippen LogP contribution in [0.15, 0.2) is 64.6 Å². The van der Waals surface area contributed by atoms with Gasteiger partial charge in [0.05, 0.1) is 0 Å². The van der Waals surface area contributed by atoms with Crippen LogP contribution in [-0.2, 0) is 16.2 Å². The molecule has 8 heteroatoms. The van der Waals surface area contributed by atoms with Crippen molar-refractivity contribution in [2.24, 2.45) is 0 Å². The monoisotopic (exact) mass is 493 g/mol. The largest absolute Gasteiger partial charge is 0.489 e. The van der Waals surface area contributed by atoms with Gasteiger partial charge in [-0.05, 0) is 73.5 Å². The van der Waals surface area contributed by atoms with Crippen molar-refractivity contribution in [2.75, 3.05) is 0 Å². The van der Waals surface area contributed by atoms with Crippen LogP contribution in [0.5, 0.6) is 5.75 Å². The molecule has 2 N–H and O–H groups in total. The highest BCUT2D eigenvalue weighted by Crippen LogP contribution is 2.25. The van der Waals surface area contributed by atoms with Gasteiger partial charge in [-0.2, -0.15) is 0 Å². The lowest BCUT2D eigenvalue weighted by Crippen LogP contribution is -2.51. The van der Waals surface area contributed by atoms with Gasteiger partial charge in [-0.3, -0.25) is 20.2 Å². The molecule has 1 saturated heterocycles. The van der Waals surface area contributed by atoms with Gasteiger partial charge >= 0.3 is 6.03 Å². The normalized spacial score (nSPS) is 13.6. The predicted octanol–water partition coefficient (Wildman–Crippen LogP) is 4.19. The van der Waals surface area contributed by atoms with E-state index in [1.54, 1.807) is 0 Å². The highest BCUT2D eigenvalue weighted by molar-refractivity contribution is 9.10. The SMILES string of the molecule is Cc1cc(C=C2C(=O)NC(=O)NC2=O)c(C)n1-c1ccc(OCc2ccc(Br)cc2)cc1. The van der Waals surface area contributed by atoms with E-state index in [9.17, 15) is 14.4 Å². The van der Waals surface area contributed by atoms with Crippen LogP contribution >= 0.6 is 15.9 Å². The highest BCUT2D eigenvalue weighted by atomic mass is 79.9. The Morgan fingerprint density at radius 3 is 2.19 bits per heavy atom. The molecule has 1 fully saturated rings. The van der Waals surface area contributed by atoms with Gasteiger partial charge in [0.2, 0.25) is 0 Å². The van der Waals surface area contributed by atoms with Gasteiger partial charge in [0.1, 0.15) is 17.9 Å². The number of carbonyl (C=O) groups excluding carboxylic acids is 3. The second kappa shape index (κ2) is 8.84. The van der Waals surface area contributed by atoms with Crippen molar-refractivity contribution in [3.63, 3.8) is 0 Å². The summed E-state index contributed by atoms with van der Waals surface area (Å²) in [6, 6.07) is 16.7. The third kappa shape index (κ3) is 4.50. The van der Waals surface area contributed by atoms with E-state index in [-0.39, 0.29) is 5.57 Å². The number of aromatic nitrogens is 1. The van der Waals surface area contributed by atoms with E-state index < -0.39 is 17.8 Å². The van der Waals surface area contributed by atoms with Gasteiger partial charge in [0, 0.05) is 21.5 Å². The Hall–Kier alpha value is -3.65. The van der Waals surface area contributed by atoms with Gasteiger partial charge < -0.3 is 9.30 Å². The van der Waals surface area contributed by atoms with Crippen LogP contribution in [0.1, 0.15) is 22.5 Å². The number of benzene rings is 2. The predicted molar refractivity (Wildman–Crippen MR) is 123 cm³/mol. The molecule has 0 unspecified atom stereocenters. The number of carbonyl (C=O) groups is 3. The molecule has 0 bridgehead atoms. The summed E-state index contributed by atoms with van der Waals surface area (Å²) >= 11 is 3.42. The smallest absolute Gasteiger partial charge is 0.328 e. The number of halogens is 1. The number of urea groups is 1. The maximum Gasteiger partial charge on any atom is 0.328 e. The molecular weight excluding hydrogens is 474 g/mol. The average Bonchev–Trinajstić information content (AvgIpc) is 3.03. The maximum absolute atomic E-state index is 12.0. The summed E-state index contributed by atoms with van der Waals surface area (Å²) in [6.45, 7) is 4.32. The minimum absolute atomic E-state index is 0.110. The fraction of sp³-hybridized carbons (Fsp3) is 0.125. The van der Waals surface area contributed by atoms with Crippen molar-refractivity contribution >= 4 is 39.9 Å². The first kappa shape index (κ1) is 21.6. The number of imide groups is 2. The Morgan fingerprint density at radius 2 is 1.56 bits per heavy atom. The van der Waals surface area contributed by atoms with Crippen molar-refractivity contribution in [2.45, 2.75) is 20.5 Å². The molecule has 32 heavy (non-hydrogen) atoms. The number of amides is 4. The summed E-state index contributed by atoms with van der Waals surface area (Å²) in [5.74, 6) is -0.673. The summed E-state index contributed by atoms with van der Waals surface area (Å²) in [5, 5.41) is 4.17. The molecule has 162 valence electrons. The van der Waals surface area contributed by atoms with Crippen molar-refractivity contribution in [1.29, 1.82) is 0 Å². The highest BCUT2D eigenvalue weighted by Gasteiger charge is 2.28. The number of barbiturate groups is 1. The van der Waals surface area contributed by atoms with Crippen molar-refractivity contribution in [1.82, 2.24) is 15.2 Å². The lowest BCUT2D eigenvalue weighted by molar-refractivity contribution is -0.123. The summed E-state index contributed by atoms with van der Waals surface area (Å²) in [7, 11) is 0. The summed E-state index contributed by atoms with van der Waals surface area (Å²) in [5.41, 5.74) is 4.40. The van der Waals surface area contributed by atoms with Gasteiger partial charge in [0.25, 0.3) is 11.8 Å². The van der Waals surface area contributed by atoms with E-state index in [1.165, 1.54) is 6.08 Å². The fourth-order valence-corrected chi connectivity index (χ4v) is 3.80. The van der Waals surface area contributed by atoms with Gasteiger partial charge in [0.15, 0.2) is 0 Å². The van der Waals surface area contributed by atoms with Crippen LogP contribution in [-0.4, -0.2) is 22.4 Å². The molecular formula is C24H20BrN3O4. The first-order valence-electron chi connectivity index (χ1n) is 9.87. The van der Waals surface area contributed by atoms with Crippen LogP contribution in [0.3, 0.4) is 0 Å².